The van der Waals surface area contributed by atoms with Gasteiger partial charge in [0.05, 0.1) is 6.04 Å². The Hall–Kier alpha value is -3.15. The van der Waals surface area contributed by atoms with Crippen LogP contribution in [0, 0.1) is 5.82 Å². The molecule has 0 spiro atoms. The maximum absolute atomic E-state index is 13.8. The van der Waals surface area contributed by atoms with Crippen molar-refractivity contribution in [3.63, 3.8) is 0 Å². The van der Waals surface area contributed by atoms with E-state index in [2.05, 4.69) is 15.3 Å². The maximum Gasteiger partial charge on any atom is 0.407 e. The molecule has 1 atom stereocenters. The van der Waals surface area contributed by atoms with Crippen molar-refractivity contribution in [1.82, 2.24) is 10.3 Å². The third-order valence-corrected chi connectivity index (χ3v) is 4.08. The minimum atomic E-state index is -0.587. The van der Waals surface area contributed by atoms with Gasteiger partial charge in [-0.15, -0.1) is 0 Å². The van der Waals surface area contributed by atoms with Crippen LogP contribution in [0.5, 0.6) is 0 Å². The van der Waals surface area contributed by atoms with Gasteiger partial charge in [-0.1, -0.05) is 30.3 Å². The topological polar surface area (TPSA) is 66.5 Å². The van der Waals surface area contributed by atoms with Crippen molar-refractivity contribution in [2.45, 2.75) is 32.4 Å². The van der Waals surface area contributed by atoms with Gasteiger partial charge in [0.25, 0.3) is 0 Å². The van der Waals surface area contributed by atoms with E-state index in [-0.39, 0.29) is 12.4 Å². The van der Waals surface area contributed by atoms with Gasteiger partial charge in [-0.05, 0) is 44.5 Å². The number of nitrogens with one attached hydrogen (secondary N) is 2. The molecule has 6 heteroatoms. The molecule has 0 aliphatic rings. The monoisotopic (exact) mass is 381 g/mol. The zero-order valence-electron chi connectivity index (χ0n) is 16.2. The van der Waals surface area contributed by atoms with Crippen LogP contribution in [0.15, 0.2) is 59.7 Å². The summed E-state index contributed by atoms with van der Waals surface area (Å²) in [5, 5.41) is 3.50. The van der Waals surface area contributed by atoms with Gasteiger partial charge >= 0.3 is 6.09 Å². The molecular formula is C22H24FN3O2. The average Bonchev–Trinajstić information content (AvgIpc) is 3.04. The summed E-state index contributed by atoms with van der Waals surface area (Å²) >= 11 is 0. The summed E-state index contributed by atoms with van der Waals surface area (Å²) in [5.41, 5.74) is 1.97. The number of carbonyl (C=O) groups is 1. The number of carbonyl (C=O) groups excluding carboxylic acids is 1. The quantitative estimate of drug-likeness (QED) is 0.611. The lowest BCUT2D eigenvalue weighted by molar-refractivity contribution is 0.0525. The zero-order chi connectivity index (χ0) is 20.1. The van der Waals surface area contributed by atoms with Crippen molar-refractivity contribution in [2.75, 3.05) is 6.54 Å². The Bertz CT molecular complexity index is 974. The summed E-state index contributed by atoms with van der Waals surface area (Å²) in [6.07, 6.45) is 3.03. The molecule has 2 N–H and O–H groups in total. The molecule has 0 fully saturated rings. The second-order valence-electron chi connectivity index (χ2n) is 7.52. The summed E-state index contributed by atoms with van der Waals surface area (Å²) in [4.78, 5) is 19.9. The van der Waals surface area contributed by atoms with Gasteiger partial charge in [-0.3, -0.25) is 4.99 Å². The number of fused-ring (bicyclic) bond motifs is 1. The second-order valence-corrected chi connectivity index (χ2v) is 7.52. The maximum atomic E-state index is 13.8. The number of hydrogen-bond donors (Lipinski definition) is 2. The van der Waals surface area contributed by atoms with E-state index >= 15 is 0 Å². The molecule has 1 aromatic heterocycles. The van der Waals surface area contributed by atoms with Gasteiger partial charge in [0, 0.05) is 35.4 Å². The smallest absolute Gasteiger partial charge is 0.407 e. The summed E-state index contributed by atoms with van der Waals surface area (Å²) in [7, 11) is 0. The lowest BCUT2D eigenvalue weighted by Gasteiger charge is -2.21. The van der Waals surface area contributed by atoms with Crippen LogP contribution in [0.1, 0.15) is 37.9 Å². The van der Waals surface area contributed by atoms with Gasteiger partial charge in [-0.2, -0.15) is 0 Å². The number of benzene rings is 2. The first-order valence-corrected chi connectivity index (χ1v) is 9.13. The first kappa shape index (κ1) is 19.6. The van der Waals surface area contributed by atoms with Crippen LogP contribution in [0.3, 0.4) is 0 Å². The fourth-order valence-corrected chi connectivity index (χ4v) is 2.84. The number of aromatic nitrogens is 1. The molecular weight excluding hydrogens is 357 g/mol. The van der Waals surface area contributed by atoms with Crippen LogP contribution in [-0.2, 0) is 4.74 Å². The molecule has 2 aromatic carbocycles. The van der Waals surface area contributed by atoms with E-state index in [4.69, 9.17) is 4.74 Å². The number of nitrogens with zero attached hydrogens (tertiary/aromatic N) is 1. The van der Waals surface area contributed by atoms with Crippen molar-refractivity contribution in [1.29, 1.82) is 0 Å². The Morgan fingerprint density at radius 3 is 2.71 bits per heavy atom. The number of alkyl carbamates (subject to hydrolysis) is 1. The van der Waals surface area contributed by atoms with E-state index in [1.807, 2.05) is 30.3 Å². The Morgan fingerprint density at radius 2 is 2.00 bits per heavy atom. The Kier molecular flexibility index (Phi) is 5.78. The van der Waals surface area contributed by atoms with Gasteiger partial charge in [-0.25, -0.2) is 9.18 Å². The van der Waals surface area contributed by atoms with E-state index in [0.717, 1.165) is 22.0 Å². The highest BCUT2D eigenvalue weighted by atomic mass is 19.1. The number of rotatable bonds is 5. The van der Waals surface area contributed by atoms with Crippen molar-refractivity contribution in [3.05, 3.63) is 71.7 Å². The lowest BCUT2D eigenvalue weighted by Crippen LogP contribution is -2.34. The van der Waals surface area contributed by atoms with E-state index < -0.39 is 17.7 Å². The van der Waals surface area contributed by atoms with E-state index in [1.165, 1.54) is 12.1 Å². The number of ether oxygens (including phenoxy) is 1. The fourth-order valence-electron chi connectivity index (χ4n) is 2.84. The molecule has 1 amide bonds. The van der Waals surface area contributed by atoms with Gasteiger partial charge in [0.2, 0.25) is 0 Å². The van der Waals surface area contributed by atoms with Crippen molar-refractivity contribution >= 4 is 23.2 Å². The van der Waals surface area contributed by atoms with Crippen LogP contribution in [-0.4, -0.2) is 29.4 Å². The molecule has 0 saturated carbocycles. The Morgan fingerprint density at radius 1 is 1.25 bits per heavy atom. The van der Waals surface area contributed by atoms with Crippen LogP contribution < -0.4 is 5.32 Å². The molecule has 0 radical (unpaired) electrons. The predicted molar refractivity (Wildman–Crippen MR) is 109 cm³/mol. The van der Waals surface area contributed by atoms with E-state index in [0.29, 0.717) is 0 Å². The molecule has 146 valence electrons. The Labute approximate surface area is 163 Å². The average molecular weight is 381 g/mol. The van der Waals surface area contributed by atoms with Gasteiger partial charge in [0.15, 0.2) is 0 Å². The number of H-pyrrole nitrogens is 1. The molecule has 0 aliphatic carbocycles. The number of halogens is 1. The highest BCUT2D eigenvalue weighted by molar-refractivity contribution is 5.85. The van der Waals surface area contributed by atoms with Crippen molar-refractivity contribution in [3.8, 4) is 0 Å². The summed E-state index contributed by atoms with van der Waals surface area (Å²) in [6.45, 7) is 5.64. The highest BCUT2D eigenvalue weighted by Crippen LogP contribution is 2.27. The van der Waals surface area contributed by atoms with Crippen molar-refractivity contribution in [2.24, 2.45) is 4.99 Å². The number of hydrogen-bond acceptors (Lipinski definition) is 3. The first-order valence-electron chi connectivity index (χ1n) is 9.13. The SMILES string of the molecule is CC(C)(C)OC(=O)NCC(N=Cc1ccccc1)c1c[nH]c2ccc(F)cc12. The second kappa shape index (κ2) is 8.25. The molecule has 0 bridgehead atoms. The summed E-state index contributed by atoms with van der Waals surface area (Å²) in [6, 6.07) is 13.8. The van der Waals surface area contributed by atoms with Crippen molar-refractivity contribution < 1.29 is 13.9 Å². The molecule has 1 heterocycles. The largest absolute Gasteiger partial charge is 0.444 e. The minimum absolute atomic E-state index is 0.224. The predicted octanol–water partition coefficient (Wildman–Crippen LogP) is 4.99. The minimum Gasteiger partial charge on any atom is -0.444 e. The molecule has 0 aliphatic heterocycles. The molecule has 3 aromatic rings. The normalized spacial score (nSPS) is 13.0. The summed E-state index contributed by atoms with van der Waals surface area (Å²) in [5.74, 6) is -0.320. The zero-order valence-corrected chi connectivity index (χ0v) is 16.2. The van der Waals surface area contributed by atoms with Gasteiger partial charge in [0.1, 0.15) is 11.4 Å². The third-order valence-electron chi connectivity index (χ3n) is 4.08. The van der Waals surface area contributed by atoms with E-state index in [9.17, 15) is 9.18 Å². The van der Waals surface area contributed by atoms with Crippen LogP contribution in [0.2, 0.25) is 0 Å². The third kappa shape index (κ3) is 5.19. The van der Waals surface area contributed by atoms with Crippen LogP contribution in [0.4, 0.5) is 9.18 Å². The van der Waals surface area contributed by atoms with Gasteiger partial charge < -0.3 is 15.0 Å². The highest BCUT2D eigenvalue weighted by Gasteiger charge is 2.19. The standard InChI is InChI=1S/C22H24FN3O2/c1-22(2,3)28-21(27)26-14-20(24-12-15-7-5-4-6-8-15)18-13-25-19-10-9-16(23)11-17(18)19/h4-13,20,25H,14H2,1-3H3,(H,26,27). The molecule has 0 saturated heterocycles. The molecule has 3 rings (SSSR count). The number of aromatic amines is 1. The number of amides is 1. The van der Waals surface area contributed by atoms with E-state index in [1.54, 1.807) is 39.2 Å². The fraction of sp³-hybridized carbons (Fsp3) is 0.273. The lowest BCUT2D eigenvalue weighted by atomic mass is 10.1. The van der Waals surface area contributed by atoms with Crippen LogP contribution >= 0.6 is 0 Å². The molecule has 28 heavy (non-hydrogen) atoms. The molecule has 5 nitrogen and oxygen atoms in total. The Balaban J connectivity index is 1.86. The summed E-state index contributed by atoms with van der Waals surface area (Å²) < 4.78 is 19.1. The number of aliphatic imine (C=N–C) groups is 1. The van der Waals surface area contributed by atoms with Crippen LogP contribution in [0.25, 0.3) is 10.9 Å². The molecule has 1 unspecified atom stereocenters. The first-order chi connectivity index (χ1) is 13.3.